The molecule has 1 saturated heterocycles. The number of benzene rings is 2. The highest BCUT2D eigenvalue weighted by Gasteiger charge is 2.30. The zero-order chi connectivity index (χ0) is 24.4. The molecule has 9 heteroatoms. The lowest BCUT2D eigenvalue weighted by Crippen LogP contribution is -2.39. The summed E-state index contributed by atoms with van der Waals surface area (Å²) in [6, 6.07) is 14.6. The van der Waals surface area contributed by atoms with Crippen LogP contribution >= 0.6 is 0 Å². The van der Waals surface area contributed by atoms with Crippen molar-refractivity contribution in [3.8, 4) is 5.75 Å². The quantitative estimate of drug-likeness (QED) is 0.493. The molecule has 1 aromatic heterocycles. The molecule has 0 atom stereocenters. The molecule has 2 aliphatic heterocycles. The highest BCUT2D eigenvalue weighted by Crippen LogP contribution is 2.26. The average Bonchev–Trinajstić information content (AvgIpc) is 3.26. The molecule has 2 aliphatic rings. The summed E-state index contributed by atoms with van der Waals surface area (Å²) in [4.78, 5) is 14.9. The Morgan fingerprint density at radius 3 is 2.29 bits per heavy atom. The summed E-state index contributed by atoms with van der Waals surface area (Å²) in [6.45, 7) is 3.21. The first-order chi connectivity index (χ1) is 16.9. The van der Waals surface area contributed by atoms with Crippen LogP contribution in [0.2, 0.25) is 0 Å². The molecule has 0 spiro atoms. The third kappa shape index (κ3) is 5.32. The van der Waals surface area contributed by atoms with E-state index in [2.05, 4.69) is 17.0 Å². The first-order valence-electron chi connectivity index (χ1n) is 11.7. The highest BCUT2D eigenvalue weighted by molar-refractivity contribution is 7.89. The predicted octanol–water partition coefficient (Wildman–Crippen LogP) is 3.77. The van der Waals surface area contributed by atoms with Gasteiger partial charge in [0, 0.05) is 32.2 Å². The fourth-order valence-electron chi connectivity index (χ4n) is 4.64. The number of fused-ring (bicyclic) bond motifs is 1. The molecule has 0 bridgehead atoms. The normalized spacial score (nSPS) is 17.4. The van der Waals surface area contributed by atoms with Crippen molar-refractivity contribution in [2.75, 3.05) is 19.7 Å². The lowest BCUT2D eigenvalue weighted by molar-refractivity contribution is 0.180. The molecule has 0 saturated carbocycles. The molecule has 0 radical (unpaired) electrons. The molecule has 2 aromatic carbocycles. The molecule has 0 N–H and O–H groups in total. The van der Waals surface area contributed by atoms with Gasteiger partial charge in [0.1, 0.15) is 17.8 Å². The zero-order valence-electron chi connectivity index (χ0n) is 19.2. The fraction of sp³-hybridized carbons (Fsp3) is 0.346. The fourth-order valence-corrected chi connectivity index (χ4v) is 6.11. The van der Waals surface area contributed by atoms with Crippen molar-refractivity contribution in [3.63, 3.8) is 0 Å². The summed E-state index contributed by atoms with van der Waals surface area (Å²) in [5.41, 5.74) is 2.37. The van der Waals surface area contributed by atoms with Crippen LogP contribution in [-0.4, -0.2) is 37.3 Å². The van der Waals surface area contributed by atoms with Gasteiger partial charge in [0.25, 0.3) is 0 Å². The topological polar surface area (TPSA) is 80.1 Å². The van der Waals surface area contributed by atoms with Crippen molar-refractivity contribution in [1.82, 2.24) is 9.21 Å². The van der Waals surface area contributed by atoms with E-state index in [0.717, 1.165) is 25.2 Å². The Bertz CT molecular complexity index is 1320. The van der Waals surface area contributed by atoms with Gasteiger partial charge in [-0.05, 0) is 54.2 Å². The van der Waals surface area contributed by atoms with Crippen LogP contribution in [0.5, 0.6) is 5.75 Å². The number of rotatable bonds is 7. The van der Waals surface area contributed by atoms with E-state index >= 15 is 0 Å². The highest BCUT2D eigenvalue weighted by atomic mass is 32.2. The van der Waals surface area contributed by atoms with Gasteiger partial charge in [0.05, 0.1) is 18.0 Å². The van der Waals surface area contributed by atoms with Crippen LogP contribution in [0.25, 0.3) is 0 Å². The Hall–Kier alpha value is -3.01. The number of sulfonamides is 1. The maximum atomic E-state index is 13.1. The molecule has 35 heavy (non-hydrogen) atoms. The van der Waals surface area contributed by atoms with Crippen molar-refractivity contribution < 1.29 is 22.0 Å². The number of ether oxygens (including phenoxy) is 1. The van der Waals surface area contributed by atoms with Crippen LogP contribution in [0.1, 0.15) is 29.7 Å². The Labute approximate surface area is 203 Å². The average molecular weight is 499 g/mol. The van der Waals surface area contributed by atoms with Crippen LogP contribution in [0.3, 0.4) is 0 Å². The number of hydrogen-bond donors (Lipinski definition) is 0. The second kappa shape index (κ2) is 9.93. The lowest BCUT2D eigenvalue weighted by Gasteiger charge is -2.31. The molecule has 3 heterocycles. The predicted molar refractivity (Wildman–Crippen MR) is 128 cm³/mol. The maximum absolute atomic E-state index is 13.1. The summed E-state index contributed by atoms with van der Waals surface area (Å²) < 4.78 is 51.5. The zero-order valence-corrected chi connectivity index (χ0v) is 20.0. The second-order valence-electron chi connectivity index (χ2n) is 9.10. The van der Waals surface area contributed by atoms with Gasteiger partial charge < -0.3 is 9.15 Å². The number of nitrogens with zero attached hydrogens (tertiary/aromatic N) is 2. The number of halogens is 1. The summed E-state index contributed by atoms with van der Waals surface area (Å²) in [5, 5.41) is 0. The van der Waals surface area contributed by atoms with Gasteiger partial charge in [-0.2, -0.15) is 4.31 Å². The molecule has 5 rings (SSSR count). The van der Waals surface area contributed by atoms with Gasteiger partial charge in [0.2, 0.25) is 21.2 Å². The van der Waals surface area contributed by atoms with E-state index in [-0.39, 0.29) is 22.0 Å². The largest absolute Gasteiger partial charge is 0.486 e. The Kier molecular flexibility index (Phi) is 6.73. The molecule has 0 amide bonds. The van der Waals surface area contributed by atoms with Crippen LogP contribution in [-0.2, 0) is 29.7 Å². The Morgan fingerprint density at radius 1 is 1.00 bits per heavy atom. The molecular formula is C26H27FN2O5S. The molecule has 0 unspecified atom stereocenters. The van der Waals surface area contributed by atoms with E-state index in [1.807, 2.05) is 12.1 Å². The maximum Gasteiger partial charge on any atom is 0.243 e. The summed E-state index contributed by atoms with van der Waals surface area (Å²) in [5.74, 6) is 0.407. The second-order valence-corrected chi connectivity index (χ2v) is 11.0. The molecule has 184 valence electrons. The van der Waals surface area contributed by atoms with E-state index < -0.39 is 15.8 Å². The SMILES string of the molecule is O=c1cc(CN2Cc3ccccc3C2)occ1OCC1CCN(S(=O)(=O)c2ccc(F)cc2)CC1. The standard InChI is InChI=1S/C26H27FN2O5S/c27-22-5-7-24(8-6-22)35(31,32)29-11-9-19(10-12-29)17-34-26-18-33-23(13-25(26)30)16-28-14-20-3-1-2-4-21(20)15-28/h1-8,13,18-19H,9-12,14-17H2. The first-order valence-corrected chi connectivity index (χ1v) is 13.1. The van der Waals surface area contributed by atoms with E-state index in [9.17, 15) is 17.6 Å². The summed E-state index contributed by atoms with van der Waals surface area (Å²) in [6.07, 6.45) is 2.59. The number of hydrogen-bond acceptors (Lipinski definition) is 6. The van der Waals surface area contributed by atoms with E-state index in [1.54, 1.807) is 0 Å². The smallest absolute Gasteiger partial charge is 0.243 e. The van der Waals surface area contributed by atoms with Gasteiger partial charge in [-0.3, -0.25) is 9.69 Å². The van der Waals surface area contributed by atoms with Crippen LogP contribution in [0, 0.1) is 11.7 Å². The van der Waals surface area contributed by atoms with Crippen molar-refractivity contribution in [2.24, 2.45) is 5.92 Å². The summed E-state index contributed by atoms with van der Waals surface area (Å²) in [7, 11) is -3.65. The van der Waals surface area contributed by atoms with Crippen molar-refractivity contribution >= 4 is 10.0 Å². The minimum absolute atomic E-state index is 0.0871. The van der Waals surface area contributed by atoms with E-state index in [4.69, 9.17) is 9.15 Å². The third-order valence-corrected chi connectivity index (χ3v) is 8.55. The first kappa shape index (κ1) is 23.7. The van der Waals surface area contributed by atoms with Gasteiger partial charge >= 0.3 is 0 Å². The van der Waals surface area contributed by atoms with Crippen LogP contribution in [0.4, 0.5) is 4.39 Å². The minimum Gasteiger partial charge on any atom is -0.486 e. The van der Waals surface area contributed by atoms with E-state index in [1.165, 1.54) is 39.9 Å². The van der Waals surface area contributed by atoms with Crippen LogP contribution in [0.15, 0.2) is 75.0 Å². The molecule has 0 aliphatic carbocycles. The van der Waals surface area contributed by atoms with Crippen molar-refractivity contribution in [3.05, 3.63) is 93.8 Å². The van der Waals surface area contributed by atoms with Gasteiger partial charge in [0.15, 0.2) is 0 Å². The summed E-state index contributed by atoms with van der Waals surface area (Å²) >= 11 is 0. The third-order valence-electron chi connectivity index (χ3n) is 6.64. The molecular weight excluding hydrogens is 471 g/mol. The lowest BCUT2D eigenvalue weighted by atomic mass is 9.99. The molecule has 7 nitrogen and oxygen atoms in total. The minimum atomic E-state index is -3.65. The molecule has 1 fully saturated rings. The van der Waals surface area contributed by atoms with Gasteiger partial charge in [-0.25, -0.2) is 12.8 Å². The monoisotopic (exact) mass is 498 g/mol. The molecule has 3 aromatic rings. The Balaban J connectivity index is 1.12. The Morgan fingerprint density at radius 2 is 1.66 bits per heavy atom. The van der Waals surface area contributed by atoms with Gasteiger partial charge in [-0.15, -0.1) is 0 Å². The number of piperidine rings is 1. The van der Waals surface area contributed by atoms with E-state index in [0.29, 0.717) is 44.8 Å². The van der Waals surface area contributed by atoms with Crippen molar-refractivity contribution in [1.29, 1.82) is 0 Å². The van der Waals surface area contributed by atoms with Gasteiger partial charge in [-0.1, -0.05) is 24.3 Å². The van der Waals surface area contributed by atoms with Crippen molar-refractivity contribution in [2.45, 2.75) is 37.4 Å². The van der Waals surface area contributed by atoms with Crippen LogP contribution < -0.4 is 10.2 Å².